The number of fused-ring (bicyclic) bond motifs is 2. The molecule has 2 fully saturated rings. The summed E-state index contributed by atoms with van der Waals surface area (Å²) in [5, 5.41) is 12.4. The molecule has 0 aromatic carbocycles. The maximum Gasteiger partial charge on any atom is 0.323 e. The largest absolute Gasteiger partial charge is 0.480 e. The molecule has 2 bridgehead atoms. The lowest BCUT2D eigenvalue weighted by Gasteiger charge is -2.30. The molecule has 19 heavy (non-hydrogen) atoms. The quantitative estimate of drug-likeness (QED) is 0.704. The number of carboxylic acids is 1. The van der Waals surface area contributed by atoms with Crippen molar-refractivity contribution in [1.29, 1.82) is 0 Å². The zero-order valence-electron chi connectivity index (χ0n) is 11.2. The number of nitrogens with zero attached hydrogens (tertiary/aromatic N) is 1. The molecule has 2 unspecified atom stereocenters. The smallest absolute Gasteiger partial charge is 0.323 e. The number of hydrogen-bond acceptors (Lipinski definition) is 3. The Kier molecular flexibility index (Phi) is 4.58. The molecule has 2 atom stereocenters. The summed E-state index contributed by atoms with van der Waals surface area (Å²) in [5.74, 6) is -0.637. The maximum atomic E-state index is 12.2. The summed E-state index contributed by atoms with van der Waals surface area (Å²) >= 11 is 0. The van der Waals surface area contributed by atoms with E-state index in [1.807, 2.05) is 0 Å². The molecular weight excluding hydrogens is 244 g/mol. The summed E-state index contributed by atoms with van der Waals surface area (Å²) in [6.07, 6.45) is 6.54. The van der Waals surface area contributed by atoms with Crippen LogP contribution in [0.25, 0.3) is 0 Å². The number of aliphatic carboxylic acids is 1. The van der Waals surface area contributed by atoms with Gasteiger partial charge in [0, 0.05) is 25.0 Å². The lowest BCUT2D eigenvalue weighted by molar-refractivity contribution is -0.144. The molecule has 0 radical (unpaired) electrons. The number of hydrogen-bond donors (Lipinski definition) is 2. The number of nitrogens with one attached hydrogen (secondary N) is 1. The van der Waals surface area contributed by atoms with Crippen LogP contribution in [-0.4, -0.2) is 47.1 Å². The Labute approximate surface area is 113 Å². The molecule has 5 heteroatoms. The Balaban J connectivity index is 1.87. The van der Waals surface area contributed by atoms with Crippen LogP contribution >= 0.6 is 0 Å². The average Bonchev–Trinajstić information content (AvgIpc) is 2.67. The first-order valence-corrected chi connectivity index (χ1v) is 6.95. The van der Waals surface area contributed by atoms with Gasteiger partial charge in [0.1, 0.15) is 6.54 Å². The van der Waals surface area contributed by atoms with Crippen molar-refractivity contribution in [2.75, 3.05) is 13.1 Å². The fraction of sp³-hybridized carbons (Fsp3) is 0.714. The fourth-order valence-electron chi connectivity index (χ4n) is 3.29. The van der Waals surface area contributed by atoms with Crippen LogP contribution in [0, 0.1) is 5.92 Å². The number of carbonyl (C=O) groups excluding carboxylic acids is 1. The van der Waals surface area contributed by atoms with Gasteiger partial charge in [0.2, 0.25) is 5.91 Å². The molecule has 0 aromatic heterocycles. The average molecular weight is 266 g/mol. The van der Waals surface area contributed by atoms with E-state index in [-0.39, 0.29) is 12.5 Å². The van der Waals surface area contributed by atoms with Crippen LogP contribution in [0.3, 0.4) is 0 Å². The highest BCUT2D eigenvalue weighted by molar-refractivity contribution is 5.81. The number of rotatable bonds is 6. The zero-order valence-corrected chi connectivity index (χ0v) is 11.2. The van der Waals surface area contributed by atoms with Crippen LogP contribution in [0.5, 0.6) is 0 Å². The molecule has 2 rings (SSSR count). The first kappa shape index (κ1) is 14.1. The van der Waals surface area contributed by atoms with Crippen molar-refractivity contribution < 1.29 is 14.7 Å². The normalized spacial score (nSPS) is 28.9. The molecule has 2 N–H and O–H groups in total. The van der Waals surface area contributed by atoms with Gasteiger partial charge < -0.3 is 15.3 Å². The molecule has 5 nitrogen and oxygen atoms in total. The third-order valence-corrected chi connectivity index (χ3v) is 4.06. The first-order valence-electron chi connectivity index (χ1n) is 6.95. The van der Waals surface area contributed by atoms with E-state index in [0.717, 1.165) is 12.8 Å². The Morgan fingerprint density at radius 3 is 2.47 bits per heavy atom. The van der Waals surface area contributed by atoms with Gasteiger partial charge in [-0.05, 0) is 31.6 Å². The second kappa shape index (κ2) is 6.19. The molecule has 2 aliphatic rings. The molecule has 0 saturated carbocycles. The Morgan fingerprint density at radius 2 is 1.95 bits per heavy atom. The summed E-state index contributed by atoms with van der Waals surface area (Å²) in [6, 6.07) is 1.12. The van der Waals surface area contributed by atoms with E-state index >= 15 is 0 Å². The van der Waals surface area contributed by atoms with Gasteiger partial charge in [0.15, 0.2) is 0 Å². The zero-order chi connectivity index (χ0) is 13.8. The third kappa shape index (κ3) is 3.80. The summed E-state index contributed by atoms with van der Waals surface area (Å²) in [6.45, 7) is 3.65. The van der Waals surface area contributed by atoms with E-state index < -0.39 is 5.97 Å². The first-order chi connectivity index (χ1) is 9.08. The van der Waals surface area contributed by atoms with Gasteiger partial charge in [-0.25, -0.2) is 0 Å². The summed E-state index contributed by atoms with van der Waals surface area (Å²) < 4.78 is 0. The molecule has 106 valence electrons. The summed E-state index contributed by atoms with van der Waals surface area (Å²) in [4.78, 5) is 24.3. The van der Waals surface area contributed by atoms with Gasteiger partial charge in [0.05, 0.1) is 0 Å². The SMILES string of the molecule is C=CCN(CC(=O)O)C(=O)CC1CC2CCC(C1)N2. The fourth-order valence-corrected chi connectivity index (χ4v) is 3.29. The van der Waals surface area contributed by atoms with Gasteiger partial charge in [-0.15, -0.1) is 6.58 Å². The topological polar surface area (TPSA) is 69.6 Å². The van der Waals surface area contributed by atoms with Crippen LogP contribution in [0.15, 0.2) is 12.7 Å². The lowest BCUT2D eigenvalue weighted by Crippen LogP contribution is -2.41. The van der Waals surface area contributed by atoms with Crippen LogP contribution in [0.2, 0.25) is 0 Å². The molecule has 0 spiro atoms. The van der Waals surface area contributed by atoms with E-state index in [1.165, 1.54) is 17.7 Å². The molecule has 2 saturated heterocycles. The van der Waals surface area contributed by atoms with Gasteiger partial charge in [-0.1, -0.05) is 6.08 Å². The van der Waals surface area contributed by atoms with Crippen molar-refractivity contribution >= 4 is 11.9 Å². The number of carbonyl (C=O) groups is 2. The molecule has 2 heterocycles. The monoisotopic (exact) mass is 266 g/mol. The minimum atomic E-state index is -0.972. The summed E-state index contributed by atoms with van der Waals surface area (Å²) in [7, 11) is 0. The van der Waals surface area contributed by atoms with E-state index in [1.54, 1.807) is 6.08 Å². The predicted octanol–water partition coefficient (Wildman–Crippen LogP) is 1.01. The van der Waals surface area contributed by atoms with Crippen LogP contribution in [0.4, 0.5) is 0 Å². The Morgan fingerprint density at radius 1 is 1.32 bits per heavy atom. The molecule has 0 aliphatic carbocycles. The number of amides is 1. The van der Waals surface area contributed by atoms with Crippen LogP contribution in [0.1, 0.15) is 32.1 Å². The van der Waals surface area contributed by atoms with E-state index in [0.29, 0.717) is 31.0 Å². The maximum absolute atomic E-state index is 12.2. The minimum absolute atomic E-state index is 0.0615. The Hall–Kier alpha value is -1.36. The van der Waals surface area contributed by atoms with Gasteiger partial charge >= 0.3 is 5.97 Å². The predicted molar refractivity (Wildman–Crippen MR) is 71.7 cm³/mol. The second-order valence-electron chi connectivity index (χ2n) is 5.64. The van der Waals surface area contributed by atoms with Gasteiger partial charge in [-0.3, -0.25) is 9.59 Å². The number of carboxylic acid groups (broad SMARTS) is 1. The second-order valence-corrected chi connectivity index (χ2v) is 5.64. The van der Waals surface area contributed by atoms with Gasteiger partial charge in [0.25, 0.3) is 0 Å². The van der Waals surface area contributed by atoms with Crippen molar-refractivity contribution in [3.8, 4) is 0 Å². The highest BCUT2D eigenvalue weighted by Crippen LogP contribution is 2.32. The van der Waals surface area contributed by atoms with Crippen molar-refractivity contribution in [3.05, 3.63) is 12.7 Å². The van der Waals surface area contributed by atoms with Crippen LogP contribution < -0.4 is 5.32 Å². The molecule has 2 aliphatic heterocycles. The number of piperidine rings is 1. The minimum Gasteiger partial charge on any atom is -0.480 e. The van der Waals surface area contributed by atoms with Crippen molar-refractivity contribution in [3.63, 3.8) is 0 Å². The van der Waals surface area contributed by atoms with E-state index in [2.05, 4.69) is 11.9 Å². The van der Waals surface area contributed by atoms with Crippen molar-refractivity contribution in [1.82, 2.24) is 10.2 Å². The van der Waals surface area contributed by atoms with Crippen molar-refractivity contribution in [2.24, 2.45) is 5.92 Å². The lowest BCUT2D eigenvalue weighted by atomic mass is 9.89. The highest BCUT2D eigenvalue weighted by Gasteiger charge is 2.34. The van der Waals surface area contributed by atoms with E-state index in [9.17, 15) is 9.59 Å². The third-order valence-electron chi connectivity index (χ3n) is 4.06. The molecular formula is C14H22N2O3. The van der Waals surface area contributed by atoms with Gasteiger partial charge in [-0.2, -0.15) is 0 Å². The standard InChI is InChI=1S/C14H22N2O3/c1-2-5-16(9-14(18)19)13(17)8-10-6-11-3-4-12(7-10)15-11/h2,10-12,15H,1,3-9H2,(H,18,19). The van der Waals surface area contributed by atoms with Crippen molar-refractivity contribution in [2.45, 2.75) is 44.2 Å². The summed E-state index contributed by atoms with van der Waals surface area (Å²) in [5.41, 5.74) is 0. The molecule has 0 aromatic rings. The molecule has 1 amide bonds. The highest BCUT2D eigenvalue weighted by atomic mass is 16.4. The Bertz CT molecular complexity index is 358. The van der Waals surface area contributed by atoms with Crippen LogP contribution in [-0.2, 0) is 9.59 Å². The van der Waals surface area contributed by atoms with E-state index in [4.69, 9.17) is 5.11 Å².